The largest absolute Gasteiger partial charge is 0.494 e. The molecule has 0 amide bonds. The third-order valence-electron chi connectivity index (χ3n) is 3.31. The van der Waals surface area contributed by atoms with E-state index in [1.807, 2.05) is 12.1 Å². The van der Waals surface area contributed by atoms with Crippen LogP contribution in [-0.2, 0) is 6.42 Å². The number of alkyl halides is 1. The smallest absolute Gasteiger partial charge is 0.168 e. The molecular weight excluding hydrogens is 271 g/mol. The molecule has 1 fully saturated rings. The predicted octanol–water partition coefficient (Wildman–Crippen LogP) is 3.94. The molecule has 0 bridgehead atoms. The molecule has 0 aliphatic heterocycles. The van der Waals surface area contributed by atoms with Crippen molar-refractivity contribution in [1.29, 1.82) is 0 Å². The van der Waals surface area contributed by atoms with Crippen LogP contribution in [0, 0.1) is 11.7 Å². The molecule has 0 radical (unpaired) electrons. The zero-order chi connectivity index (χ0) is 11.5. The molecule has 1 aromatic rings. The molecule has 1 saturated carbocycles. The number of hydrogen-bond acceptors (Lipinski definition) is 1. The SMILES string of the molecule is COc1cccc(CC2CCCC2Br)c1F. The predicted molar refractivity (Wildman–Crippen MR) is 66.7 cm³/mol. The van der Waals surface area contributed by atoms with Crippen molar-refractivity contribution >= 4 is 15.9 Å². The Hall–Kier alpha value is -0.570. The van der Waals surface area contributed by atoms with Crippen LogP contribution in [0.1, 0.15) is 24.8 Å². The first-order valence-electron chi connectivity index (χ1n) is 5.68. The van der Waals surface area contributed by atoms with Crippen molar-refractivity contribution in [3.63, 3.8) is 0 Å². The van der Waals surface area contributed by atoms with E-state index >= 15 is 0 Å². The van der Waals surface area contributed by atoms with Gasteiger partial charge in [0.1, 0.15) is 0 Å². The van der Waals surface area contributed by atoms with E-state index in [4.69, 9.17) is 4.74 Å². The lowest BCUT2D eigenvalue weighted by Gasteiger charge is -2.15. The first kappa shape index (κ1) is 11.9. The standard InChI is InChI=1S/C13H16BrFO/c1-16-12-7-3-5-10(13(12)15)8-9-4-2-6-11(9)14/h3,5,7,9,11H,2,4,6,8H2,1H3. The van der Waals surface area contributed by atoms with Crippen LogP contribution >= 0.6 is 15.9 Å². The third kappa shape index (κ3) is 2.40. The molecule has 2 rings (SSSR count). The summed E-state index contributed by atoms with van der Waals surface area (Å²) in [6.07, 6.45) is 4.44. The highest BCUT2D eigenvalue weighted by atomic mass is 79.9. The van der Waals surface area contributed by atoms with Crippen molar-refractivity contribution in [2.75, 3.05) is 7.11 Å². The van der Waals surface area contributed by atoms with Crippen molar-refractivity contribution in [1.82, 2.24) is 0 Å². The second kappa shape index (κ2) is 5.17. The van der Waals surface area contributed by atoms with Gasteiger partial charge in [0.2, 0.25) is 0 Å². The lowest BCUT2D eigenvalue weighted by molar-refractivity contribution is 0.382. The Labute approximate surface area is 104 Å². The molecule has 0 aromatic heterocycles. The maximum Gasteiger partial charge on any atom is 0.168 e. The number of benzene rings is 1. The molecule has 0 N–H and O–H groups in total. The highest BCUT2D eigenvalue weighted by Gasteiger charge is 2.26. The number of rotatable bonds is 3. The fourth-order valence-electron chi connectivity index (χ4n) is 2.38. The third-order valence-corrected chi connectivity index (χ3v) is 4.52. The maximum atomic E-state index is 13.9. The van der Waals surface area contributed by atoms with E-state index in [-0.39, 0.29) is 5.82 Å². The molecular formula is C13H16BrFO. The molecule has 0 saturated heterocycles. The Kier molecular flexibility index (Phi) is 3.85. The summed E-state index contributed by atoms with van der Waals surface area (Å²) in [7, 11) is 1.51. The maximum absolute atomic E-state index is 13.9. The lowest BCUT2D eigenvalue weighted by atomic mass is 9.97. The van der Waals surface area contributed by atoms with Gasteiger partial charge >= 0.3 is 0 Å². The molecule has 0 heterocycles. The number of methoxy groups -OCH3 is 1. The average molecular weight is 287 g/mol. The molecule has 88 valence electrons. The van der Waals surface area contributed by atoms with Crippen LogP contribution in [-0.4, -0.2) is 11.9 Å². The molecule has 0 spiro atoms. The van der Waals surface area contributed by atoms with Gasteiger partial charge in [-0.2, -0.15) is 0 Å². The number of hydrogen-bond donors (Lipinski definition) is 0. The van der Waals surface area contributed by atoms with Gasteiger partial charge < -0.3 is 4.74 Å². The van der Waals surface area contributed by atoms with Crippen molar-refractivity contribution in [3.8, 4) is 5.75 Å². The topological polar surface area (TPSA) is 9.23 Å². The van der Waals surface area contributed by atoms with E-state index in [0.717, 1.165) is 12.0 Å². The Morgan fingerprint density at radius 2 is 2.25 bits per heavy atom. The summed E-state index contributed by atoms with van der Waals surface area (Å²) in [5.41, 5.74) is 0.774. The Bertz CT molecular complexity index is 367. The first-order chi connectivity index (χ1) is 7.72. The van der Waals surface area contributed by atoms with Crippen molar-refractivity contribution < 1.29 is 9.13 Å². The minimum atomic E-state index is -0.198. The van der Waals surface area contributed by atoms with Crippen LogP contribution in [0.2, 0.25) is 0 Å². The zero-order valence-electron chi connectivity index (χ0n) is 9.38. The minimum absolute atomic E-state index is 0.198. The van der Waals surface area contributed by atoms with Gasteiger partial charge in [0.05, 0.1) is 7.11 Å². The van der Waals surface area contributed by atoms with Crippen LogP contribution in [0.3, 0.4) is 0 Å². The van der Waals surface area contributed by atoms with E-state index in [2.05, 4.69) is 15.9 Å². The second-order valence-electron chi connectivity index (χ2n) is 4.34. The van der Waals surface area contributed by atoms with E-state index < -0.39 is 0 Å². The van der Waals surface area contributed by atoms with Gasteiger partial charge in [-0.15, -0.1) is 0 Å². The van der Waals surface area contributed by atoms with E-state index in [1.165, 1.54) is 26.4 Å². The number of ether oxygens (including phenoxy) is 1. The minimum Gasteiger partial charge on any atom is -0.494 e. The quantitative estimate of drug-likeness (QED) is 0.765. The van der Waals surface area contributed by atoms with Crippen LogP contribution in [0.25, 0.3) is 0 Å². The molecule has 1 nitrogen and oxygen atoms in total. The number of halogens is 2. The fourth-order valence-corrected chi connectivity index (χ4v) is 3.15. The molecule has 2 atom stereocenters. The zero-order valence-corrected chi connectivity index (χ0v) is 11.0. The Morgan fingerprint density at radius 3 is 2.88 bits per heavy atom. The van der Waals surface area contributed by atoms with Gasteiger partial charge in [0, 0.05) is 4.83 Å². The van der Waals surface area contributed by atoms with Crippen molar-refractivity contribution in [3.05, 3.63) is 29.6 Å². The summed E-state index contributed by atoms with van der Waals surface area (Å²) in [5.74, 6) is 0.708. The normalized spacial score (nSPS) is 24.7. The lowest BCUT2D eigenvalue weighted by Crippen LogP contribution is -2.11. The highest BCUT2D eigenvalue weighted by molar-refractivity contribution is 9.09. The Morgan fingerprint density at radius 1 is 1.44 bits per heavy atom. The summed E-state index contributed by atoms with van der Waals surface area (Å²) in [6.45, 7) is 0. The fraction of sp³-hybridized carbons (Fsp3) is 0.538. The van der Waals surface area contributed by atoms with Gasteiger partial charge in [-0.05, 0) is 36.8 Å². The summed E-state index contributed by atoms with van der Waals surface area (Å²) >= 11 is 3.67. The molecule has 1 aliphatic rings. The Balaban J connectivity index is 2.14. The monoisotopic (exact) mass is 286 g/mol. The molecule has 2 unspecified atom stereocenters. The van der Waals surface area contributed by atoms with Crippen molar-refractivity contribution in [2.24, 2.45) is 5.92 Å². The van der Waals surface area contributed by atoms with Gasteiger partial charge in [0.25, 0.3) is 0 Å². The summed E-state index contributed by atoms with van der Waals surface area (Å²) in [4.78, 5) is 0.540. The highest BCUT2D eigenvalue weighted by Crippen LogP contribution is 2.35. The summed E-state index contributed by atoms with van der Waals surface area (Å²) in [6, 6.07) is 5.38. The van der Waals surface area contributed by atoms with Gasteiger partial charge in [-0.3, -0.25) is 0 Å². The summed E-state index contributed by atoms with van der Waals surface area (Å²) < 4.78 is 18.9. The van der Waals surface area contributed by atoms with Crippen LogP contribution < -0.4 is 4.74 Å². The van der Waals surface area contributed by atoms with Gasteiger partial charge in [-0.25, -0.2) is 4.39 Å². The first-order valence-corrected chi connectivity index (χ1v) is 6.59. The average Bonchev–Trinajstić information content (AvgIpc) is 2.68. The second-order valence-corrected chi connectivity index (χ2v) is 5.52. The summed E-state index contributed by atoms with van der Waals surface area (Å²) in [5, 5.41) is 0. The van der Waals surface area contributed by atoms with Gasteiger partial charge in [0.15, 0.2) is 11.6 Å². The van der Waals surface area contributed by atoms with Crippen molar-refractivity contribution in [2.45, 2.75) is 30.5 Å². The van der Waals surface area contributed by atoms with Crippen LogP contribution in [0.15, 0.2) is 18.2 Å². The van der Waals surface area contributed by atoms with Gasteiger partial charge in [-0.1, -0.05) is 34.5 Å². The van der Waals surface area contributed by atoms with E-state index in [1.54, 1.807) is 6.07 Å². The van der Waals surface area contributed by atoms with Crippen LogP contribution in [0.5, 0.6) is 5.75 Å². The molecule has 16 heavy (non-hydrogen) atoms. The molecule has 1 aliphatic carbocycles. The van der Waals surface area contributed by atoms with E-state index in [0.29, 0.717) is 16.5 Å². The van der Waals surface area contributed by atoms with E-state index in [9.17, 15) is 4.39 Å². The molecule has 3 heteroatoms. The molecule has 1 aromatic carbocycles. The van der Waals surface area contributed by atoms with Crippen LogP contribution in [0.4, 0.5) is 4.39 Å².